The molecule has 0 aliphatic carbocycles. The number of anilines is 1. The van der Waals surface area contributed by atoms with Crippen molar-refractivity contribution in [2.75, 3.05) is 11.9 Å². The van der Waals surface area contributed by atoms with Crippen molar-refractivity contribution in [2.24, 2.45) is 0 Å². The smallest absolute Gasteiger partial charge is 0.258 e. The van der Waals surface area contributed by atoms with Crippen molar-refractivity contribution >= 4 is 33.3 Å². The highest BCUT2D eigenvalue weighted by molar-refractivity contribution is 6.13. The Morgan fingerprint density at radius 1 is 0.880 bits per heavy atom. The van der Waals surface area contributed by atoms with Crippen molar-refractivity contribution in [1.82, 2.24) is 4.98 Å². The van der Waals surface area contributed by atoms with E-state index in [4.69, 9.17) is 0 Å². The van der Waals surface area contributed by atoms with E-state index in [0.717, 1.165) is 33.1 Å². The fourth-order valence-corrected chi connectivity index (χ4v) is 3.17. The third-order valence-electron chi connectivity index (χ3n) is 4.50. The third-order valence-corrected chi connectivity index (χ3v) is 4.50. The Kier molecular flexibility index (Phi) is 3.69. The van der Waals surface area contributed by atoms with Gasteiger partial charge in [0.1, 0.15) is 0 Å². The zero-order valence-corrected chi connectivity index (χ0v) is 14.2. The van der Waals surface area contributed by atoms with Crippen LogP contribution in [0.2, 0.25) is 0 Å². The molecular weight excluding hydrogens is 308 g/mol. The molecule has 0 saturated carbocycles. The summed E-state index contributed by atoms with van der Waals surface area (Å²) in [6.45, 7) is 1.92. The summed E-state index contributed by atoms with van der Waals surface area (Å²) in [6.07, 6.45) is 0. The summed E-state index contributed by atoms with van der Waals surface area (Å²) in [7, 11) is 1.82. The number of para-hydroxylation sites is 1. The van der Waals surface area contributed by atoms with Crippen LogP contribution in [-0.2, 0) is 0 Å². The van der Waals surface area contributed by atoms with Gasteiger partial charge in [0.15, 0.2) is 0 Å². The summed E-state index contributed by atoms with van der Waals surface area (Å²) in [5.41, 5.74) is 3.24. The Morgan fingerprint density at radius 2 is 1.60 bits per heavy atom. The van der Waals surface area contributed by atoms with Crippen LogP contribution in [0, 0.1) is 6.92 Å². The van der Waals surface area contributed by atoms with E-state index in [1.807, 2.05) is 74.6 Å². The number of nitrogens with zero attached hydrogens (tertiary/aromatic N) is 2. The fourth-order valence-electron chi connectivity index (χ4n) is 3.17. The zero-order valence-electron chi connectivity index (χ0n) is 14.2. The summed E-state index contributed by atoms with van der Waals surface area (Å²) >= 11 is 0. The van der Waals surface area contributed by atoms with Gasteiger partial charge in [-0.15, -0.1) is 0 Å². The Labute approximate surface area is 146 Å². The van der Waals surface area contributed by atoms with Gasteiger partial charge < -0.3 is 4.90 Å². The largest absolute Gasteiger partial charge is 0.311 e. The molecule has 0 atom stereocenters. The molecule has 0 radical (unpaired) electrons. The first kappa shape index (κ1) is 15.3. The molecule has 122 valence electrons. The number of hydrogen-bond donors (Lipinski definition) is 0. The lowest BCUT2D eigenvalue weighted by Gasteiger charge is -2.19. The predicted octanol–water partition coefficient (Wildman–Crippen LogP) is 4.97. The van der Waals surface area contributed by atoms with Crippen LogP contribution >= 0.6 is 0 Å². The average molecular weight is 326 g/mol. The molecule has 3 heteroatoms. The summed E-state index contributed by atoms with van der Waals surface area (Å²) in [6, 6.07) is 23.9. The fraction of sp³-hybridized carbons (Fsp3) is 0.0909. The van der Waals surface area contributed by atoms with Crippen LogP contribution in [0.3, 0.4) is 0 Å². The molecular formula is C22H18N2O. The molecule has 3 nitrogen and oxygen atoms in total. The number of pyridine rings is 1. The topological polar surface area (TPSA) is 33.2 Å². The number of benzene rings is 3. The molecule has 0 saturated heterocycles. The zero-order chi connectivity index (χ0) is 17.4. The van der Waals surface area contributed by atoms with Gasteiger partial charge >= 0.3 is 0 Å². The molecule has 25 heavy (non-hydrogen) atoms. The first-order valence-electron chi connectivity index (χ1n) is 8.27. The molecule has 0 fully saturated rings. The summed E-state index contributed by atoms with van der Waals surface area (Å²) in [5, 5.41) is 3.17. The van der Waals surface area contributed by atoms with Crippen LogP contribution in [-0.4, -0.2) is 17.9 Å². The van der Waals surface area contributed by atoms with Gasteiger partial charge in [0.05, 0.1) is 11.1 Å². The van der Waals surface area contributed by atoms with Crippen molar-refractivity contribution in [2.45, 2.75) is 6.92 Å². The molecule has 4 aromatic rings. The number of aryl methyl sites for hydroxylation is 1. The van der Waals surface area contributed by atoms with Gasteiger partial charge in [0.2, 0.25) is 0 Å². The molecule has 0 N–H and O–H groups in total. The summed E-state index contributed by atoms with van der Waals surface area (Å²) in [4.78, 5) is 19.4. The Balaban J connectivity index is 1.79. The van der Waals surface area contributed by atoms with Crippen LogP contribution in [0.15, 0.2) is 72.8 Å². The quantitative estimate of drug-likeness (QED) is 0.521. The monoisotopic (exact) mass is 326 g/mol. The number of carbonyl (C=O) groups excluding carboxylic acids is 1. The molecule has 0 bridgehead atoms. The minimum absolute atomic E-state index is 0.0306. The van der Waals surface area contributed by atoms with Crippen LogP contribution in [0.5, 0.6) is 0 Å². The Morgan fingerprint density at radius 3 is 2.44 bits per heavy atom. The van der Waals surface area contributed by atoms with E-state index in [1.165, 1.54) is 0 Å². The molecule has 0 unspecified atom stereocenters. The standard InChI is InChI=1S/C22H18N2O/c1-15-13-20(19-9-5-6-10-21(19)23-15)22(25)24(2)18-12-11-16-7-3-4-8-17(16)14-18/h3-14H,1-2H3. The van der Waals surface area contributed by atoms with Crippen molar-refractivity contribution in [3.05, 3.63) is 84.1 Å². The minimum atomic E-state index is -0.0306. The highest BCUT2D eigenvalue weighted by atomic mass is 16.2. The molecule has 0 aliphatic heterocycles. The Bertz CT molecular complexity index is 1100. The van der Waals surface area contributed by atoms with E-state index in [-0.39, 0.29) is 5.91 Å². The Hall–Kier alpha value is -3.20. The minimum Gasteiger partial charge on any atom is -0.311 e. The van der Waals surface area contributed by atoms with Gasteiger partial charge in [0.25, 0.3) is 5.91 Å². The second-order valence-corrected chi connectivity index (χ2v) is 6.22. The van der Waals surface area contributed by atoms with Gasteiger partial charge in [-0.2, -0.15) is 0 Å². The predicted molar refractivity (Wildman–Crippen MR) is 103 cm³/mol. The van der Waals surface area contributed by atoms with E-state index in [2.05, 4.69) is 17.1 Å². The normalized spacial score (nSPS) is 11.0. The lowest BCUT2D eigenvalue weighted by atomic mass is 10.1. The number of fused-ring (bicyclic) bond motifs is 2. The lowest BCUT2D eigenvalue weighted by molar-refractivity contribution is 0.0994. The van der Waals surface area contributed by atoms with E-state index in [1.54, 1.807) is 4.90 Å². The van der Waals surface area contributed by atoms with Crippen molar-refractivity contribution in [1.29, 1.82) is 0 Å². The van der Waals surface area contributed by atoms with E-state index in [9.17, 15) is 4.79 Å². The number of aromatic nitrogens is 1. The summed E-state index contributed by atoms with van der Waals surface area (Å²) in [5.74, 6) is -0.0306. The molecule has 1 heterocycles. The van der Waals surface area contributed by atoms with Crippen molar-refractivity contribution < 1.29 is 4.79 Å². The second kappa shape index (κ2) is 6.02. The van der Waals surface area contributed by atoms with Gasteiger partial charge in [-0.25, -0.2) is 0 Å². The maximum atomic E-state index is 13.1. The number of rotatable bonds is 2. The number of amides is 1. The van der Waals surface area contributed by atoms with Crippen LogP contribution in [0.4, 0.5) is 5.69 Å². The SMILES string of the molecule is Cc1cc(C(=O)N(C)c2ccc3ccccc3c2)c2ccccc2n1. The first-order valence-corrected chi connectivity index (χ1v) is 8.27. The molecule has 4 rings (SSSR count). The second-order valence-electron chi connectivity index (χ2n) is 6.22. The van der Waals surface area contributed by atoms with Gasteiger partial charge in [-0.05, 0) is 42.0 Å². The van der Waals surface area contributed by atoms with Gasteiger partial charge in [-0.3, -0.25) is 9.78 Å². The average Bonchev–Trinajstić information content (AvgIpc) is 2.65. The van der Waals surface area contributed by atoms with Crippen molar-refractivity contribution in [3.8, 4) is 0 Å². The maximum absolute atomic E-state index is 13.1. The molecule has 3 aromatic carbocycles. The first-order chi connectivity index (χ1) is 12.1. The maximum Gasteiger partial charge on any atom is 0.258 e. The molecule has 1 aromatic heterocycles. The number of carbonyl (C=O) groups is 1. The molecule has 0 spiro atoms. The van der Waals surface area contributed by atoms with E-state index in [0.29, 0.717) is 5.56 Å². The lowest BCUT2D eigenvalue weighted by Crippen LogP contribution is -2.26. The van der Waals surface area contributed by atoms with Gasteiger partial charge in [0, 0.05) is 23.8 Å². The van der Waals surface area contributed by atoms with Crippen LogP contribution < -0.4 is 4.90 Å². The van der Waals surface area contributed by atoms with Gasteiger partial charge in [-0.1, -0.05) is 48.5 Å². The highest BCUT2D eigenvalue weighted by Gasteiger charge is 2.17. The highest BCUT2D eigenvalue weighted by Crippen LogP contribution is 2.25. The van der Waals surface area contributed by atoms with Crippen LogP contribution in [0.1, 0.15) is 16.1 Å². The van der Waals surface area contributed by atoms with E-state index < -0.39 is 0 Å². The summed E-state index contributed by atoms with van der Waals surface area (Å²) < 4.78 is 0. The number of hydrogen-bond acceptors (Lipinski definition) is 2. The van der Waals surface area contributed by atoms with Crippen molar-refractivity contribution in [3.63, 3.8) is 0 Å². The molecule has 0 aliphatic rings. The van der Waals surface area contributed by atoms with Crippen LogP contribution in [0.25, 0.3) is 21.7 Å². The third kappa shape index (κ3) is 2.74. The molecule has 1 amide bonds. The van der Waals surface area contributed by atoms with E-state index >= 15 is 0 Å².